The summed E-state index contributed by atoms with van der Waals surface area (Å²) < 4.78 is 8.02. The van der Waals surface area contributed by atoms with Gasteiger partial charge in [-0.05, 0) is 61.3 Å². The second-order valence-electron chi connectivity index (χ2n) is 7.26. The van der Waals surface area contributed by atoms with Crippen LogP contribution in [-0.2, 0) is 21.6 Å². The first-order valence-electron chi connectivity index (χ1n) is 9.27. The van der Waals surface area contributed by atoms with Crippen molar-refractivity contribution < 1.29 is 19.1 Å². The van der Waals surface area contributed by atoms with Crippen molar-refractivity contribution >= 4 is 45.0 Å². The number of urea groups is 1. The summed E-state index contributed by atoms with van der Waals surface area (Å²) in [4.78, 5) is 40.2. The van der Waals surface area contributed by atoms with Gasteiger partial charge in [0.05, 0.1) is 10.3 Å². The largest absolute Gasteiger partial charge is 0.385 e. The number of methoxy groups -OCH3 is 1. The van der Waals surface area contributed by atoms with Crippen molar-refractivity contribution in [3.8, 4) is 0 Å². The van der Waals surface area contributed by atoms with Crippen LogP contribution < -0.4 is 5.32 Å². The number of carbonyl (C=O) groups excluding carboxylic acids is 3. The summed E-state index contributed by atoms with van der Waals surface area (Å²) in [5.74, 6) is -0.671. The molecule has 0 saturated carbocycles. The Morgan fingerprint density at radius 3 is 2.66 bits per heavy atom. The van der Waals surface area contributed by atoms with Crippen LogP contribution in [0.4, 0.5) is 4.79 Å². The zero-order chi connectivity index (χ0) is 21.3. The highest BCUT2D eigenvalue weighted by Gasteiger charge is 2.50. The minimum absolute atomic E-state index is 0.254. The molecule has 9 heteroatoms. The lowest BCUT2D eigenvalue weighted by Gasteiger charge is -2.19. The molecule has 0 aliphatic carbocycles. The van der Waals surface area contributed by atoms with Gasteiger partial charge >= 0.3 is 6.03 Å². The zero-order valence-corrected chi connectivity index (χ0v) is 19.3. The highest BCUT2D eigenvalue weighted by molar-refractivity contribution is 9.11. The van der Waals surface area contributed by atoms with Crippen LogP contribution in [0.25, 0.3) is 0 Å². The topological polar surface area (TPSA) is 80.6 Å². The van der Waals surface area contributed by atoms with E-state index in [-0.39, 0.29) is 12.3 Å². The molecule has 29 heavy (non-hydrogen) atoms. The maximum Gasteiger partial charge on any atom is 0.325 e. The molecule has 1 unspecified atom stereocenters. The van der Waals surface area contributed by atoms with Crippen molar-refractivity contribution in [3.05, 3.63) is 43.8 Å². The molecule has 0 aromatic carbocycles. The van der Waals surface area contributed by atoms with E-state index in [0.29, 0.717) is 17.0 Å². The Labute approximate surface area is 182 Å². The molecule has 0 spiro atoms. The Morgan fingerprint density at radius 1 is 1.31 bits per heavy atom. The monoisotopic (exact) mass is 481 g/mol. The second-order valence-corrected chi connectivity index (χ2v) is 9.72. The number of halogens is 1. The fraction of sp³-hybridized carbons (Fsp3) is 0.450. The maximum atomic E-state index is 13.0. The fourth-order valence-electron chi connectivity index (χ4n) is 3.61. The molecule has 7 nitrogen and oxygen atoms in total. The molecular weight excluding hydrogens is 458 g/mol. The Bertz CT molecular complexity index is 967. The number of aryl methyl sites for hydroxylation is 1. The molecule has 3 heterocycles. The zero-order valence-electron chi connectivity index (χ0n) is 16.9. The van der Waals surface area contributed by atoms with Crippen LogP contribution in [-0.4, -0.2) is 47.4 Å². The number of nitrogens with one attached hydrogen (secondary N) is 1. The van der Waals surface area contributed by atoms with Crippen molar-refractivity contribution in [3.63, 3.8) is 0 Å². The average molecular weight is 482 g/mol. The first-order chi connectivity index (χ1) is 13.7. The molecule has 1 aliphatic rings. The third-order valence-corrected chi connectivity index (χ3v) is 7.09. The van der Waals surface area contributed by atoms with Gasteiger partial charge in [-0.2, -0.15) is 0 Å². The van der Waals surface area contributed by atoms with Gasteiger partial charge in [-0.3, -0.25) is 14.5 Å². The molecule has 1 N–H and O–H groups in total. The Kier molecular flexibility index (Phi) is 6.30. The minimum Gasteiger partial charge on any atom is -0.385 e. The molecule has 3 rings (SSSR count). The van der Waals surface area contributed by atoms with Crippen molar-refractivity contribution in [2.75, 3.05) is 20.3 Å². The lowest BCUT2D eigenvalue weighted by Crippen LogP contribution is -2.40. The Hall–Kier alpha value is -1.97. The van der Waals surface area contributed by atoms with E-state index in [0.717, 1.165) is 33.0 Å². The number of ether oxygens (including phenoxy) is 1. The highest BCUT2D eigenvalue weighted by atomic mass is 79.9. The number of imide groups is 1. The Morgan fingerprint density at radius 2 is 2.03 bits per heavy atom. The van der Waals surface area contributed by atoms with Crippen LogP contribution in [0.3, 0.4) is 0 Å². The van der Waals surface area contributed by atoms with Crippen LogP contribution in [0.15, 0.2) is 22.0 Å². The quantitative estimate of drug-likeness (QED) is 0.354. The summed E-state index contributed by atoms with van der Waals surface area (Å²) in [6.07, 6.45) is 0.836. The summed E-state index contributed by atoms with van der Waals surface area (Å²) in [5, 5.41) is 2.74. The van der Waals surface area contributed by atoms with Gasteiger partial charge < -0.3 is 14.6 Å². The van der Waals surface area contributed by atoms with E-state index in [1.54, 1.807) is 20.1 Å². The average Bonchev–Trinajstić information content (AvgIpc) is 3.29. The van der Waals surface area contributed by atoms with Crippen LogP contribution in [0.5, 0.6) is 0 Å². The fourth-order valence-corrected chi connectivity index (χ4v) is 5.09. The van der Waals surface area contributed by atoms with Gasteiger partial charge in [0.15, 0.2) is 11.3 Å². The number of hydrogen-bond donors (Lipinski definition) is 1. The number of ketones is 1. The van der Waals surface area contributed by atoms with Crippen molar-refractivity contribution in [1.82, 2.24) is 14.8 Å². The molecule has 1 fully saturated rings. The predicted octanol–water partition coefficient (Wildman–Crippen LogP) is 3.62. The number of nitrogens with zero attached hydrogens (tertiary/aromatic N) is 2. The molecule has 1 saturated heterocycles. The number of thiophene rings is 1. The molecule has 1 aliphatic heterocycles. The smallest absolute Gasteiger partial charge is 0.325 e. The van der Waals surface area contributed by atoms with E-state index in [1.807, 2.05) is 26.0 Å². The summed E-state index contributed by atoms with van der Waals surface area (Å²) in [6.45, 7) is 6.59. The van der Waals surface area contributed by atoms with Gasteiger partial charge in [-0.1, -0.05) is 0 Å². The summed E-state index contributed by atoms with van der Waals surface area (Å²) >= 11 is 4.76. The van der Waals surface area contributed by atoms with Crippen LogP contribution in [0.1, 0.15) is 40.0 Å². The number of rotatable bonds is 8. The standard InChI is InChI=1S/C20H24BrN3O4S/c1-12-10-14(13(2)23(12)8-5-9-28-4)15(25)11-24-18(26)20(3,22-19(24)27)16-6-7-17(21)29-16/h6-7,10H,5,8-9,11H2,1-4H3,(H,22,27). The number of carbonyl (C=O) groups is 3. The van der Waals surface area contributed by atoms with Gasteiger partial charge in [0.1, 0.15) is 0 Å². The summed E-state index contributed by atoms with van der Waals surface area (Å²) in [6, 6.07) is 4.89. The van der Waals surface area contributed by atoms with Crippen molar-refractivity contribution in [2.45, 2.75) is 39.3 Å². The van der Waals surface area contributed by atoms with Crippen molar-refractivity contribution in [1.29, 1.82) is 0 Å². The minimum atomic E-state index is -1.16. The predicted molar refractivity (Wildman–Crippen MR) is 114 cm³/mol. The summed E-state index contributed by atoms with van der Waals surface area (Å²) in [5.41, 5.74) is 1.17. The normalized spacial score (nSPS) is 19.1. The van der Waals surface area contributed by atoms with E-state index in [2.05, 4.69) is 25.8 Å². The van der Waals surface area contributed by atoms with Gasteiger partial charge in [0.2, 0.25) is 0 Å². The number of amides is 3. The number of Topliss-reactive ketones (excluding diaryl/α,β-unsaturated/α-hetero) is 1. The third kappa shape index (κ3) is 4.04. The molecule has 2 aromatic heterocycles. The molecule has 0 radical (unpaired) electrons. The first-order valence-corrected chi connectivity index (χ1v) is 10.9. The molecule has 156 valence electrons. The molecular formula is C20H24BrN3O4S. The number of hydrogen-bond acceptors (Lipinski definition) is 5. The molecule has 2 aromatic rings. The van der Waals surface area contributed by atoms with E-state index in [1.165, 1.54) is 11.3 Å². The SMILES string of the molecule is COCCCn1c(C)cc(C(=O)CN2C(=O)NC(C)(c3ccc(Br)s3)C2=O)c1C. The third-order valence-electron chi connectivity index (χ3n) is 5.25. The highest BCUT2D eigenvalue weighted by Crippen LogP contribution is 2.35. The van der Waals surface area contributed by atoms with E-state index < -0.39 is 17.5 Å². The van der Waals surface area contributed by atoms with E-state index >= 15 is 0 Å². The molecule has 1 atom stereocenters. The van der Waals surface area contributed by atoms with Gasteiger partial charge in [0.25, 0.3) is 5.91 Å². The first kappa shape index (κ1) is 21.7. The lowest BCUT2D eigenvalue weighted by molar-refractivity contribution is -0.130. The van der Waals surface area contributed by atoms with Crippen LogP contribution >= 0.6 is 27.3 Å². The summed E-state index contributed by atoms with van der Waals surface area (Å²) in [7, 11) is 1.66. The van der Waals surface area contributed by atoms with Gasteiger partial charge in [-0.25, -0.2) is 4.79 Å². The van der Waals surface area contributed by atoms with Gasteiger partial charge in [0, 0.05) is 42.1 Å². The molecule has 0 bridgehead atoms. The Balaban J connectivity index is 1.78. The van der Waals surface area contributed by atoms with Crippen molar-refractivity contribution in [2.24, 2.45) is 0 Å². The van der Waals surface area contributed by atoms with E-state index in [4.69, 9.17) is 4.74 Å². The van der Waals surface area contributed by atoms with E-state index in [9.17, 15) is 14.4 Å². The van der Waals surface area contributed by atoms with Gasteiger partial charge in [-0.15, -0.1) is 11.3 Å². The second kappa shape index (κ2) is 8.41. The number of aromatic nitrogens is 1. The van der Waals surface area contributed by atoms with Crippen LogP contribution in [0, 0.1) is 13.8 Å². The molecule has 3 amide bonds. The van der Waals surface area contributed by atoms with Crippen LogP contribution in [0.2, 0.25) is 0 Å². The lowest BCUT2D eigenvalue weighted by atomic mass is 10.0. The maximum absolute atomic E-state index is 13.0.